The maximum absolute atomic E-state index is 12.5. The molecule has 1 amide bonds. The standard InChI is InChI=1S/C17H23N5O/c1-21-14(8-10-18-21)17(15-9-11-19-22(15)2)20-16(23)12-13-6-4-3-5-7-13/h3-4,8-11,13,17H,5-7,12H2,1-2H3,(H,20,23). The van der Waals surface area contributed by atoms with Gasteiger partial charge in [0.1, 0.15) is 6.04 Å². The van der Waals surface area contributed by atoms with Gasteiger partial charge in [-0.2, -0.15) is 10.2 Å². The molecule has 0 fully saturated rings. The van der Waals surface area contributed by atoms with Crippen LogP contribution in [0, 0.1) is 5.92 Å². The predicted octanol–water partition coefficient (Wildman–Crippen LogP) is 2.11. The Morgan fingerprint density at radius 1 is 1.22 bits per heavy atom. The number of aromatic nitrogens is 4. The minimum atomic E-state index is -0.235. The van der Waals surface area contributed by atoms with Crippen LogP contribution in [0.2, 0.25) is 0 Å². The zero-order valence-corrected chi connectivity index (χ0v) is 13.6. The van der Waals surface area contributed by atoms with Crippen LogP contribution in [-0.2, 0) is 18.9 Å². The van der Waals surface area contributed by atoms with Crippen LogP contribution in [0.5, 0.6) is 0 Å². The summed E-state index contributed by atoms with van der Waals surface area (Å²) in [6.07, 6.45) is 11.6. The van der Waals surface area contributed by atoms with Crippen LogP contribution in [0.4, 0.5) is 0 Å². The minimum absolute atomic E-state index is 0.0812. The second-order valence-corrected chi connectivity index (χ2v) is 6.11. The van der Waals surface area contributed by atoms with Gasteiger partial charge < -0.3 is 5.32 Å². The second-order valence-electron chi connectivity index (χ2n) is 6.11. The van der Waals surface area contributed by atoms with E-state index in [1.54, 1.807) is 21.8 Å². The average molecular weight is 313 g/mol. The average Bonchev–Trinajstić information content (AvgIpc) is 3.15. The number of rotatable bonds is 5. The second kappa shape index (κ2) is 6.81. The Labute approximate surface area is 136 Å². The lowest BCUT2D eigenvalue weighted by Crippen LogP contribution is -2.33. The Balaban J connectivity index is 1.76. The van der Waals surface area contributed by atoms with E-state index in [1.165, 1.54) is 0 Å². The fraction of sp³-hybridized carbons (Fsp3) is 0.471. The normalized spacial score (nSPS) is 17.6. The molecule has 0 spiro atoms. The molecule has 0 saturated heterocycles. The minimum Gasteiger partial charge on any atom is -0.342 e. The molecule has 2 aromatic heterocycles. The highest BCUT2D eigenvalue weighted by Crippen LogP contribution is 2.24. The monoisotopic (exact) mass is 313 g/mol. The molecule has 1 aliphatic carbocycles. The molecule has 1 atom stereocenters. The Bertz CT molecular complexity index is 659. The van der Waals surface area contributed by atoms with E-state index in [4.69, 9.17) is 0 Å². The molecule has 2 aromatic rings. The number of carbonyl (C=O) groups excluding carboxylic acids is 1. The molecule has 1 aliphatic rings. The van der Waals surface area contributed by atoms with Crippen LogP contribution in [0.25, 0.3) is 0 Å². The maximum atomic E-state index is 12.5. The molecule has 6 heteroatoms. The molecule has 0 aliphatic heterocycles. The van der Waals surface area contributed by atoms with Gasteiger partial charge in [0.2, 0.25) is 5.91 Å². The molecule has 0 bridgehead atoms. The van der Waals surface area contributed by atoms with Crippen molar-refractivity contribution >= 4 is 5.91 Å². The first-order valence-electron chi connectivity index (χ1n) is 8.05. The number of aryl methyl sites for hydroxylation is 2. The third kappa shape index (κ3) is 3.52. The van der Waals surface area contributed by atoms with Crippen molar-refractivity contribution in [2.45, 2.75) is 31.7 Å². The van der Waals surface area contributed by atoms with Crippen molar-refractivity contribution in [2.24, 2.45) is 20.0 Å². The van der Waals surface area contributed by atoms with E-state index in [0.29, 0.717) is 12.3 Å². The van der Waals surface area contributed by atoms with Crippen molar-refractivity contribution in [3.05, 3.63) is 48.1 Å². The van der Waals surface area contributed by atoms with Crippen molar-refractivity contribution < 1.29 is 4.79 Å². The molecule has 2 heterocycles. The molecule has 23 heavy (non-hydrogen) atoms. The molecular formula is C17H23N5O. The van der Waals surface area contributed by atoms with Gasteiger partial charge in [-0.25, -0.2) is 0 Å². The van der Waals surface area contributed by atoms with Crippen LogP contribution >= 0.6 is 0 Å². The van der Waals surface area contributed by atoms with E-state index < -0.39 is 0 Å². The van der Waals surface area contributed by atoms with Crippen molar-refractivity contribution in [2.75, 3.05) is 0 Å². The summed E-state index contributed by atoms with van der Waals surface area (Å²) in [6.45, 7) is 0. The third-order valence-corrected chi connectivity index (χ3v) is 4.47. The van der Waals surface area contributed by atoms with Gasteiger partial charge in [-0.1, -0.05) is 12.2 Å². The SMILES string of the molecule is Cn1nccc1C(NC(=O)CC1CC=CCC1)c1ccnn1C. The van der Waals surface area contributed by atoms with E-state index in [1.807, 2.05) is 26.2 Å². The Morgan fingerprint density at radius 2 is 1.87 bits per heavy atom. The van der Waals surface area contributed by atoms with Crippen molar-refractivity contribution in [1.82, 2.24) is 24.9 Å². The summed E-state index contributed by atoms with van der Waals surface area (Å²) in [5.41, 5.74) is 1.90. The zero-order valence-electron chi connectivity index (χ0n) is 13.6. The number of allylic oxidation sites excluding steroid dienone is 2. The summed E-state index contributed by atoms with van der Waals surface area (Å²) in [7, 11) is 3.77. The predicted molar refractivity (Wildman–Crippen MR) is 87.5 cm³/mol. The van der Waals surface area contributed by atoms with Crippen molar-refractivity contribution in [1.29, 1.82) is 0 Å². The van der Waals surface area contributed by atoms with Crippen LogP contribution in [0.3, 0.4) is 0 Å². The molecule has 122 valence electrons. The van der Waals surface area contributed by atoms with Crippen molar-refractivity contribution in [3.63, 3.8) is 0 Å². The molecule has 3 rings (SSSR count). The summed E-state index contributed by atoms with van der Waals surface area (Å²) in [5, 5.41) is 11.6. The Morgan fingerprint density at radius 3 is 2.35 bits per heavy atom. The molecule has 1 unspecified atom stereocenters. The van der Waals surface area contributed by atoms with Gasteiger partial charge >= 0.3 is 0 Å². The summed E-state index contributed by atoms with van der Waals surface area (Å²) < 4.78 is 3.59. The van der Waals surface area contributed by atoms with Crippen LogP contribution in [0.15, 0.2) is 36.7 Å². The van der Waals surface area contributed by atoms with Crippen LogP contribution in [0.1, 0.15) is 43.1 Å². The lowest BCUT2D eigenvalue weighted by atomic mass is 9.91. The highest BCUT2D eigenvalue weighted by Gasteiger charge is 2.24. The summed E-state index contributed by atoms with van der Waals surface area (Å²) >= 11 is 0. The molecule has 6 nitrogen and oxygen atoms in total. The fourth-order valence-electron chi connectivity index (χ4n) is 3.16. The first-order chi connectivity index (χ1) is 11.1. The fourth-order valence-corrected chi connectivity index (χ4v) is 3.16. The molecule has 0 aromatic carbocycles. The van der Waals surface area contributed by atoms with Gasteiger partial charge in [-0.05, 0) is 37.3 Å². The van der Waals surface area contributed by atoms with Gasteiger partial charge in [-0.15, -0.1) is 0 Å². The zero-order chi connectivity index (χ0) is 16.2. The topological polar surface area (TPSA) is 64.7 Å². The van der Waals surface area contributed by atoms with Crippen LogP contribution in [-0.4, -0.2) is 25.5 Å². The van der Waals surface area contributed by atoms with E-state index in [9.17, 15) is 4.79 Å². The molecular weight excluding hydrogens is 290 g/mol. The van der Waals surface area contributed by atoms with Crippen LogP contribution < -0.4 is 5.32 Å². The highest BCUT2D eigenvalue weighted by atomic mass is 16.1. The summed E-state index contributed by atoms with van der Waals surface area (Å²) in [6, 6.07) is 3.63. The van der Waals surface area contributed by atoms with Gasteiger partial charge in [0, 0.05) is 32.9 Å². The number of nitrogens with zero attached hydrogens (tertiary/aromatic N) is 4. The summed E-state index contributed by atoms with van der Waals surface area (Å²) in [5.74, 6) is 0.524. The number of carbonyl (C=O) groups is 1. The molecule has 0 radical (unpaired) electrons. The molecule has 1 N–H and O–H groups in total. The number of amides is 1. The van der Waals surface area contributed by atoms with Crippen molar-refractivity contribution in [3.8, 4) is 0 Å². The van der Waals surface area contributed by atoms with Gasteiger partial charge in [0.15, 0.2) is 0 Å². The lowest BCUT2D eigenvalue weighted by Gasteiger charge is -2.22. The maximum Gasteiger partial charge on any atom is 0.221 e. The van der Waals surface area contributed by atoms with Gasteiger partial charge in [-0.3, -0.25) is 14.2 Å². The number of hydrogen-bond donors (Lipinski definition) is 1. The Kier molecular flexibility index (Phi) is 4.60. The van der Waals surface area contributed by atoms with E-state index in [-0.39, 0.29) is 11.9 Å². The first kappa shape index (κ1) is 15.5. The highest BCUT2D eigenvalue weighted by molar-refractivity contribution is 5.77. The van der Waals surface area contributed by atoms with E-state index in [2.05, 4.69) is 27.7 Å². The first-order valence-corrected chi connectivity index (χ1v) is 8.05. The van der Waals surface area contributed by atoms with E-state index >= 15 is 0 Å². The smallest absolute Gasteiger partial charge is 0.221 e. The third-order valence-electron chi connectivity index (χ3n) is 4.47. The number of nitrogens with one attached hydrogen (secondary N) is 1. The molecule has 0 saturated carbocycles. The Hall–Kier alpha value is -2.37. The van der Waals surface area contributed by atoms with E-state index in [0.717, 1.165) is 30.7 Å². The largest absolute Gasteiger partial charge is 0.342 e. The lowest BCUT2D eigenvalue weighted by molar-refractivity contribution is -0.122. The number of hydrogen-bond acceptors (Lipinski definition) is 3. The quantitative estimate of drug-likeness (QED) is 0.860. The summed E-state index contributed by atoms with van der Waals surface area (Å²) in [4.78, 5) is 12.5. The van der Waals surface area contributed by atoms with Gasteiger partial charge in [0.25, 0.3) is 0 Å². The van der Waals surface area contributed by atoms with Gasteiger partial charge in [0.05, 0.1) is 11.4 Å².